The van der Waals surface area contributed by atoms with E-state index in [-0.39, 0.29) is 6.79 Å². The molecule has 0 aromatic heterocycles. The second-order valence-corrected chi connectivity index (χ2v) is 4.86. The number of benzene rings is 2. The first-order chi connectivity index (χ1) is 11.2. The van der Waals surface area contributed by atoms with Gasteiger partial charge in [-0.2, -0.15) is 5.26 Å². The Hall–Kier alpha value is -3.13. The summed E-state index contributed by atoms with van der Waals surface area (Å²) in [4.78, 5) is 0. The first-order valence-corrected chi connectivity index (χ1v) is 6.99. The van der Waals surface area contributed by atoms with Crippen molar-refractivity contribution in [1.82, 2.24) is 0 Å². The van der Waals surface area contributed by atoms with Gasteiger partial charge in [0.05, 0.1) is 25.9 Å². The van der Waals surface area contributed by atoms with E-state index in [0.29, 0.717) is 28.4 Å². The van der Waals surface area contributed by atoms with Crippen molar-refractivity contribution in [3.8, 4) is 29.1 Å². The number of hydrogen-bond donors (Lipinski definition) is 0. The third-order valence-electron chi connectivity index (χ3n) is 3.52. The Kier molecular flexibility index (Phi) is 4.07. The molecule has 0 spiro atoms. The van der Waals surface area contributed by atoms with E-state index < -0.39 is 0 Å². The van der Waals surface area contributed by atoms with Gasteiger partial charge in [-0.3, -0.25) is 0 Å². The van der Waals surface area contributed by atoms with Gasteiger partial charge >= 0.3 is 0 Å². The average molecular weight is 309 g/mol. The lowest BCUT2D eigenvalue weighted by Crippen LogP contribution is -1.93. The van der Waals surface area contributed by atoms with Crippen molar-refractivity contribution >= 4 is 11.6 Å². The van der Waals surface area contributed by atoms with Crippen molar-refractivity contribution in [3.05, 3.63) is 47.5 Å². The predicted molar refractivity (Wildman–Crippen MR) is 85.6 cm³/mol. The van der Waals surface area contributed by atoms with Crippen molar-refractivity contribution in [3.63, 3.8) is 0 Å². The molecule has 116 valence electrons. The summed E-state index contributed by atoms with van der Waals surface area (Å²) in [5.41, 5.74) is 2.12. The molecule has 0 saturated carbocycles. The lowest BCUT2D eigenvalue weighted by molar-refractivity contribution is 0.171. The van der Waals surface area contributed by atoms with E-state index in [0.717, 1.165) is 11.3 Å². The lowest BCUT2D eigenvalue weighted by Gasteiger charge is -2.08. The highest BCUT2D eigenvalue weighted by Gasteiger charge is 2.21. The largest absolute Gasteiger partial charge is 0.497 e. The van der Waals surface area contributed by atoms with Crippen LogP contribution < -0.4 is 18.9 Å². The molecule has 1 heterocycles. The van der Waals surface area contributed by atoms with E-state index in [4.69, 9.17) is 18.9 Å². The minimum Gasteiger partial charge on any atom is -0.497 e. The molecule has 0 fully saturated rings. The molecule has 0 amide bonds. The fourth-order valence-electron chi connectivity index (χ4n) is 2.33. The molecule has 2 aromatic rings. The third-order valence-corrected chi connectivity index (χ3v) is 3.52. The van der Waals surface area contributed by atoms with E-state index in [9.17, 15) is 5.26 Å². The number of fused-ring (bicyclic) bond motifs is 1. The van der Waals surface area contributed by atoms with E-state index in [1.165, 1.54) is 0 Å². The minimum absolute atomic E-state index is 0.152. The fourth-order valence-corrected chi connectivity index (χ4v) is 2.33. The van der Waals surface area contributed by atoms with Gasteiger partial charge in [0.2, 0.25) is 12.5 Å². The molecule has 0 unspecified atom stereocenters. The van der Waals surface area contributed by atoms with E-state index in [1.807, 2.05) is 24.3 Å². The Bertz CT molecular complexity index is 788. The molecular formula is C18H15NO4. The second kappa shape index (κ2) is 6.32. The topological polar surface area (TPSA) is 60.7 Å². The normalized spacial score (nSPS) is 12.7. The van der Waals surface area contributed by atoms with Crippen molar-refractivity contribution in [2.45, 2.75) is 0 Å². The average Bonchev–Trinajstić information content (AvgIpc) is 3.07. The molecule has 5 heteroatoms. The standard InChI is InChI=1S/C18H15NO4/c1-20-15-5-3-12(4-6-15)7-14(10-19)13-8-16(21-2)18-17(9-13)22-11-23-18/h3-9H,11H2,1-2H3/b14-7+. The molecule has 23 heavy (non-hydrogen) atoms. The summed E-state index contributed by atoms with van der Waals surface area (Å²) in [6, 6.07) is 13.2. The molecular weight excluding hydrogens is 294 g/mol. The Morgan fingerprint density at radius 3 is 2.57 bits per heavy atom. The van der Waals surface area contributed by atoms with Crippen LogP contribution >= 0.6 is 0 Å². The van der Waals surface area contributed by atoms with Crippen LogP contribution in [0.1, 0.15) is 11.1 Å². The van der Waals surface area contributed by atoms with Gasteiger partial charge in [0.25, 0.3) is 0 Å². The van der Waals surface area contributed by atoms with Gasteiger partial charge in [-0.1, -0.05) is 12.1 Å². The van der Waals surface area contributed by atoms with Gasteiger partial charge in [-0.05, 0) is 41.5 Å². The van der Waals surface area contributed by atoms with Crippen LogP contribution in [-0.4, -0.2) is 21.0 Å². The number of rotatable bonds is 4. The monoisotopic (exact) mass is 309 g/mol. The highest BCUT2D eigenvalue weighted by molar-refractivity contribution is 5.90. The lowest BCUT2D eigenvalue weighted by atomic mass is 10.0. The molecule has 0 aliphatic carbocycles. The van der Waals surface area contributed by atoms with Crippen LogP contribution in [0.2, 0.25) is 0 Å². The maximum atomic E-state index is 9.50. The zero-order chi connectivity index (χ0) is 16.2. The second-order valence-electron chi connectivity index (χ2n) is 4.86. The summed E-state index contributed by atoms with van der Waals surface area (Å²) >= 11 is 0. The number of ether oxygens (including phenoxy) is 4. The summed E-state index contributed by atoms with van der Waals surface area (Å²) in [7, 11) is 3.17. The van der Waals surface area contributed by atoms with Crippen LogP contribution in [0.25, 0.3) is 11.6 Å². The van der Waals surface area contributed by atoms with Gasteiger partial charge in [0, 0.05) is 0 Å². The van der Waals surface area contributed by atoms with E-state index in [1.54, 1.807) is 32.4 Å². The molecule has 3 rings (SSSR count). The molecule has 0 saturated heterocycles. The smallest absolute Gasteiger partial charge is 0.231 e. The first kappa shape index (κ1) is 14.8. The van der Waals surface area contributed by atoms with Crippen LogP contribution in [0.4, 0.5) is 0 Å². The number of allylic oxidation sites excluding steroid dienone is 1. The number of nitriles is 1. The molecule has 0 radical (unpaired) electrons. The van der Waals surface area contributed by atoms with E-state index in [2.05, 4.69) is 6.07 Å². The molecule has 0 N–H and O–H groups in total. The molecule has 1 aliphatic rings. The Balaban J connectivity index is 2.00. The summed E-state index contributed by atoms with van der Waals surface area (Å²) in [6.45, 7) is 0.152. The highest BCUT2D eigenvalue weighted by atomic mass is 16.7. The van der Waals surface area contributed by atoms with Gasteiger partial charge in [-0.25, -0.2) is 0 Å². The van der Waals surface area contributed by atoms with Crippen molar-refractivity contribution < 1.29 is 18.9 Å². The van der Waals surface area contributed by atoms with Gasteiger partial charge in [0.1, 0.15) is 5.75 Å². The first-order valence-electron chi connectivity index (χ1n) is 6.99. The maximum absolute atomic E-state index is 9.50. The van der Waals surface area contributed by atoms with Crippen LogP contribution in [0.5, 0.6) is 23.0 Å². The molecule has 0 bridgehead atoms. The molecule has 5 nitrogen and oxygen atoms in total. The predicted octanol–water partition coefficient (Wildman–Crippen LogP) is 3.50. The quantitative estimate of drug-likeness (QED) is 0.639. The maximum Gasteiger partial charge on any atom is 0.231 e. The summed E-state index contributed by atoms with van der Waals surface area (Å²) in [5, 5.41) is 9.50. The minimum atomic E-state index is 0.152. The van der Waals surface area contributed by atoms with Gasteiger partial charge < -0.3 is 18.9 Å². The summed E-state index contributed by atoms with van der Waals surface area (Å²) in [5.74, 6) is 2.46. The Morgan fingerprint density at radius 2 is 1.91 bits per heavy atom. The zero-order valence-corrected chi connectivity index (χ0v) is 12.8. The molecule has 2 aromatic carbocycles. The third kappa shape index (κ3) is 2.92. The number of nitrogens with zero attached hydrogens (tertiary/aromatic N) is 1. The fraction of sp³-hybridized carbons (Fsp3) is 0.167. The van der Waals surface area contributed by atoms with Crippen molar-refractivity contribution in [1.29, 1.82) is 5.26 Å². The SMILES string of the molecule is COc1ccc(/C=C(\C#N)c2cc(OC)c3c(c2)OCO3)cc1. The Labute approximate surface area is 134 Å². The van der Waals surface area contributed by atoms with Crippen LogP contribution in [0, 0.1) is 11.3 Å². The Morgan fingerprint density at radius 1 is 1.13 bits per heavy atom. The van der Waals surface area contributed by atoms with Gasteiger partial charge in [0.15, 0.2) is 11.5 Å². The van der Waals surface area contributed by atoms with Crippen molar-refractivity contribution in [2.75, 3.05) is 21.0 Å². The van der Waals surface area contributed by atoms with Crippen LogP contribution in [0.15, 0.2) is 36.4 Å². The molecule has 1 aliphatic heterocycles. The zero-order valence-electron chi connectivity index (χ0n) is 12.8. The van der Waals surface area contributed by atoms with Crippen LogP contribution in [0.3, 0.4) is 0 Å². The summed E-state index contributed by atoms with van der Waals surface area (Å²) in [6.07, 6.45) is 1.80. The van der Waals surface area contributed by atoms with Gasteiger partial charge in [-0.15, -0.1) is 0 Å². The number of methoxy groups -OCH3 is 2. The van der Waals surface area contributed by atoms with Crippen molar-refractivity contribution in [2.24, 2.45) is 0 Å². The van der Waals surface area contributed by atoms with Crippen LogP contribution in [-0.2, 0) is 0 Å². The summed E-state index contributed by atoms with van der Waals surface area (Å²) < 4.78 is 21.2. The number of hydrogen-bond acceptors (Lipinski definition) is 5. The highest BCUT2D eigenvalue weighted by Crippen LogP contribution is 2.43. The van der Waals surface area contributed by atoms with E-state index >= 15 is 0 Å². The molecule has 0 atom stereocenters.